The van der Waals surface area contributed by atoms with Crippen molar-refractivity contribution in [3.63, 3.8) is 0 Å². The van der Waals surface area contributed by atoms with Crippen LogP contribution in [-0.4, -0.2) is 60.6 Å². The first kappa shape index (κ1) is 17.7. The molecule has 2 N–H and O–H groups in total. The second-order valence-electron chi connectivity index (χ2n) is 6.50. The van der Waals surface area contributed by atoms with E-state index in [2.05, 4.69) is 22.2 Å². The number of furan rings is 1. The Morgan fingerprint density at radius 3 is 2.72 bits per heavy atom. The van der Waals surface area contributed by atoms with Crippen molar-refractivity contribution >= 4 is 5.91 Å². The number of carbonyl (C=O) groups is 1. The highest BCUT2D eigenvalue weighted by Crippen LogP contribution is 2.15. The molecule has 0 radical (unpaired) electrons. The fraction of sp³-hybridized carbons (Fsp3) is 0.421. The number of nitrogens with zero attached hydrogens (tertiary/aromatic N) is 2. The van der Waals surface area contributed by atoms with Gasteiger partial charge in [0.25, 0.3) is 5.91 Å². The van der Waals surface area contributed by atoms with Crippen molar-refractivity contribution in [3.8, 4) is 0 Å². The van der Waals surface area contributed by atoms with Crippen LogP contribution in [0, 0.1) is 0 Å². The minimum absolute atomic E-state index is 0.208. The van der Waals surface area contributed by atoms with Crippen molar-refractivity contribution in [2.45, 2.75) is 12.6 Å². The first-order valence-electron chi connectivity index (χ1n) is 8.60. The van der Waals surface area contributed by atoms with E-state index in [4.69, 9.17) is 4.42 Å². The lowest BCUT2D eigenvalue weighted by atomic mass is 10.1. The summed E-state index contributed by atoms with van der Waals surface area (Å²) in [7, 11) is 2.14. The Hall–Kier alpha value is -2.15. The molecule has 1 amide bonds. The van der Waals surface area contributed by atoms with Gasteiger partial charge in [-0.1, -0.05) is 12.1 Å². The van der Waals surface area contributed by atoms with Crippen molar-refractivity contribution in [1.29, 1.82) is 0 Å². The normalized spacial score (nSPS) is 17.4. The third-order valence-corrected chi connectivity index (χ3v) is 4.57. The average Bonchev–Trinajstić information content (AvgIpc) is 3.16. The first-order chi connectivity index (χ1) is 12.2. The molecule has 6 nitrogen and oxygen atoms in total. The van der Waals surface area contributed by atoms with E-state index >= 15 is 0 Å². The lowest BCUT2D eigenvalue weighted by molar-refractivity contribution is 0.0907. The van der Waals surface area contributed by atoms with Crippen LogP contribution in [-0.2, 0) is 6.54 Å². The molecule has 1 aliphatic heterocycles. The monoisotopic (exact) mass is 343 g/mol. The molecule has 1 fully saturated rings. The molecule has 0 bridgehead atoms. The summed E-state index contributed by atoms with van der Waals surface area (Å²) in [6.07, 6.45) is 1.53. The van der Waals surface area contributed by atoms with Gasteiger partial charge in [0.1, 0.15) is 11.8 Å². The number of nitrogens with one attached hydrogen (secondary N) is 1. The number of aliphatic hydroxyl groups is 1. The van der Waals surface area contributed by atoms with Gasteiger partial charge in [-0.2, -0.15) is 0 Å². The number of likely N-dealkylation sites (N-methyl/N-ethyl adjacent to an activating group) is 1. The maximum Gasteiger partial charge on any atom is 0.251 e. The van der Waals surface area contributed by atoms with Gasteiger partial charge in [-0.15, -0.1) is 0 Å². The molecule has 1 aromatic heterocycles. The number of amides is 1. The molecule has 134 valence electrons. The van der Waals surface area contributed by atoms with Crippen molar-refractivity contribution in [1.82, 2.24) is 15.1 Å². The summed E-state index contributed by atoms with van der Waals surface area (Å²) in [6, 6.07) is 10.6. The summed E-state index contributed by atoms with van der Waals surface area (Å²) in [4.78, 5) is 17.2. The van der Waals surface area contributed by atoms with E-state index in [9.17, 15) is 9.90 Å². The lowest BCUT2D eigenvalue weighted by Gasteiger charge is -2.32. The molecule has 0 spiro atoms. The predicted octanol–water partition coefficient (Wildman–Crippen LogP) is 1.49. The Balaban J connectivity index is 1.63. The molecule has 2 aromatic rings. The van der Waals surface area contributed by atoms with Crippen LogP contribution in [0.15, 0.2) is 47.1 Å². The fourth-order valence-electron chi connectivity index (χ4n) is 3.01. The highest BCUT2D eigenvalue weighted by atomic mass is 16.3. The fourth-order valence-corrected chi connectivity index (χ4v) is 3.01. The highest BCUT2D eigenvalue weighted by molar-refractivity contribution is 5.94. The molecule has 25 heavy (non-hydrogen) atoms. The highest BCUT2D eigenvalue weighted by Gasteiger charge is 2.18. The van der Waals surface area contributed by atoms with Crippen LogP contribution in [0.5, 0.6) is 0 Å². The van der Waals surface area contributed by atoms with Crippen LogP contribution in [0.4, 0.5) is 0 Å². The van der Waals surface area contributed by atoms with E-state index in [1.54, 1.807) is 18.2 Å². The second kappa shape index (κ2) is 8.29. The summed E-state index contributed by atoms with van der Waals surface area (Å²) < 4.78 is 5.27. The van der Waals surface area contributed by atoms with Gasteiger partial charge < -0.3 is 19.7 Å². The van der Waals surface area contributed by atoms with Crippen LogP contribution < -0.4 is 5.32 Å². The Morgan fingerprint density at radius 2 is 2.04 bits per heavy atom. The summed E-state index contributed by atoms with van der Waals surface area (Å²) >= 11 is 0. The van der Waals surface area contributed by atoms with Crippen LogP contribution in [0.3, 0.4) is 0 Å². The van der Waals surface area contributed by atoms with Gasteiger partial charge >= 0.3 is 0 Å². The zero-order chi connectivity index (χ0) is 17.6. The van der Waals surface area contributed by atoms with Crippen molar-refractivity contribution in [2.24, 2.45) is 0 Å². The van der Waals surface area contributed by atoms with E-state index < -0.39 is 6.04 Å². The number of piperazine rings is 1. The number of rotatable bonds is 6. The van der Waals surface area contributed by atoms with Crippen LogP contribution in [0.1, 0.15) is 27.7 Å². The van der Waals surface area contributed by atoms with Gasteiger partial charge in [-0.25, -0.2) is 0 Å². The molecular formula is C19H25N3O3. The maximum absolute atomic E-state index is 12.5. The zero-order valence-corrected chi connectivity index (χ0v) is 14.5. The molecule has 1 aliphatic rings. The summed E-state index contributed by atoms with van der Waals surface area (Å²) in [5.41, 5.74) is 1.72. The topological polar surface area (TPSA) is 69.0 Å². The molecule has 1 atom stereocenters. The van der Waals surface area contributed by atoms with Gasteiger partial charge in [-0.05, 0) is 36.9 Å². The van der Waals surface area contributed by atoms with Gasteiger partial charge in [0.05, 0.1) is 12.9 Å². The predicted molar refractivity (Wildman–Crippen MR) is 95.2 cm³/mol. The molecule has 1 unspecified atom stereocenters. The van der Waals surface area contributed by atoms with Crippen LogP contribution >= 0.6 is 0 Å². The molecule has 0 saturated carbocycles. The summed E-state index contributed by atoms with van der Waals surface area (Å²) in [5, 5.41) is 12.3. The second-order valence-corrected chi connectivity index (χ2v) is 6.50. The molecule has 6 heteroatoms. The number of aliphatic hydroxyl groups excluding tert-OH is 1. The van der Waals surface area contributed by atoms with Crippen molar-refractivity contribution in [3.05, 3.63) is 59.5 Å². The van der Waals surface area contributed by atoms with Crippen LogP contribution in [0.25, 0.3) is 0 Å². The van der Waals surface area contributed by atoms with Crippen molar-refractivity contribution < 1.29 is 14.3 Å². The molecule has 1 aromatic carbocycles. The number of benzene rings is 1. The van der Waals surface area contributed by atoms with Gasteiger partial charge in [0.2, 0.25) is 0 Å². The number of hydrogen-bond donors (Lipinski definition) is 2. The van der Waals surface area contributed by atoms with Gasteiger partial charge in [-0.3, -0.25) is 9.69 Å². The van der Waals surface area contributed by atoms with Gasteiger partial charge in [0, 0.05) is 38.3 Å². The number of hydrogen-bond acceptors (Lipinski definition) is 5. The third-order valence-electron chi connectivity index (χ3n) is 4.57. The van der Waals surface area contributed by atoms with E-state index in [-0.39, 0.29) is 12.5 Å². The van der Waals surface area contributed by atoms with Gasteiger partial charge in [0.15, 0.2) is 0 Å². The Morgan fingerprint density at radius 1 is 1.24 bits per heavy atom. The largest absolute Gasteiger partial charge is 0.467 e. The summed E-state index contributed by atoms with van der Waals surface area (Å²) in [6.45, 7) is 4.86. The van der Waals surface area contributed by atoms with E-state index in [0.29, 0.717) is 11.3 Å². The quantitative estimate of drug-likeness (QED) is 0.832. The number of carbonyl (C=O) groups excluding carboxylic acids is 1. The third kappa shape index (κ3) is 4.69. The van der Waals surface area contributed by atoms with E-state index in [1.165, 1.54) is 6.26 Å². The molecule has 2 heterocycles. The zero-order valence-electron chi connectivity index (χ0n) is 14.5. The van der Waals surface area contributed by atoms with Crippen molar-refractivity contribution in [2.75, 3.05) is 39.8 Å². The standard InChI is InChI=1S/C19H25N3O3/c1-21-7-9-22(10-8-21)13-15-4-2-5-16(12-15)19(24)20-17(14-23)18-6-3-11-25-18/h2-6,11-12,17,23H,7-10,13-14H2,1H3,(H,20,24). The summed E-state index contributed by atoms with van der Waals surface area (Å²) in [5.74, 6) is 0.333. The maximum atomic E-state index is 12.5. The SMILES string of the molecule is CN1CCN(Cc2cccc(C(=O)NC(CO)c3ccco3)c2)CC1. The minimum atomic E-state index is -0.538. The Kier molecular flexibility index (Phi) is 5.86. The minimum Gasteiger partial charge on any atom is -0.467 e. The molecule has 0 aliphatic carbocycles. The molecule has 1 saturated heterocycles. The first-order valence-corrected chi connectivity index (χ1v) is 8.60. The Labute approximate surface area is 148 Å². The smallest absolute Gasteiger partial charge is 0.251 e. The van der Waals surface area contributed by atoms with E-state index in [1.807, 2.05) is 18.2 Å². The van der Waals surface area contributed by atoms with E-state index in [0.717, 1.165) is 38.3 Å². The average molecular weight is 343 g/mol. The molecular weight excluding hydrogens is 318 g/mol. The lowest BCUT2D eigenvalue weighted by Crippen LogP contribution is -2.43. The molecule has 3 rings (SSSR count). The van der Waals surface area contributed by atoms with Crippen LogP contribution in [0.2, 0.25) is 0 Å². The Bertz CT molecular complexity index is 679.